The largest absolute Gasteiger partial charge is 0.364 e. The van der Waals surface area contributed by atoms with Crippen LogP contribution in [0.15, 0.2) is 60.9 Å². The van der Waals surface area contributed by atoms with E-state index in [0.29, 0.717) is 17.9 Å². The van der Waals surface area contributed by atoms with Crippen molar-refractivity contribution >= 4 is 55.8 Å². The monoisotopic (exact) mass is 438 g/mol. The summed E-state index contributed by atoms with van der Waals surface area (Å²) in [5, 5.41) is 14.9. The number of benzene rings is 3. The zero-order chi connectivity index (χ0) is 23.1. The topological polar surface area (TPSA) is 115 Å². The first-order valence-corrected chi connectivity index (χ1v) is 10.6. The van der Waals surface area contributed by atoms with Gasteiger partial charge in [-0.15, -0.1) is 0 Å². The van der Waals surface area contributed by atoms with Crippen molar-refractivity contribution in [1.82, 2.24) is 14.8 Å². The minimum atomic E-state index is -0.584. The van der Waals surface area contributed by atoms with Crippen LogP contribution in [0.4, 0.5) is 16.2 Å². The van der Waals surface area contributed by atoms with E-state index in [1.807, 2.05) is 67.2 Å². The van der Waals surface area contributed by atoms with Crippen LogP contribution in [0.5, 0.6) is 0 Å². The maximum absolute atomic E-state index is 12.5. The maximum atomic E-state index is 12.5. The number of carbonyl (C=O) groups excluding carboxylic acids is 2. The van der Waals surface area contributed by atoms with Gasteiger partial charge in [-0.3, -0.25) is 14.5 Å². The zero-order valence-corrected chi connectivity index (χ0v) is 18.2. The Kier molecular flexibility index (Phi) is 4.90. The standard InChI is InChI=1S/C25H22N6O2/c1-3-31-13-21-18-10-16(29-25(33)28-15-6-4-14(2)5-7-15)8-9-17(18)20-12-27-22(24(26)32)11-19(20)23(21)30-31/h4-13H,3H2,1-2H3,(H2,26,32)(H2,28,29,33). The van der Waals surface area contributed by atoms with Crippen LogP contribution in [0.1, 0.15) is 23.0 Å². The molecule has 4 N–H and O–H groups in total. The highest BCUT2D eigenvalue weighted by atomic mass is 16.2. The van der Waals surface area contributed by atoms with Gasteiger partial charge in [-0.05, 0) is 55.0 Å². The fourth-order valence-electron chi connectivity index (χ4n) is 3.99. The Morgan fingerprint density at radius 3 is 2.36 bits per heavy atom. The first-order valence-electron chi connectivity index (χ1n) is 10.6. The molecule has 0 aliphatic heterocycles. The molecule has 5 aromatic rings. The lowest BCUT2D eigenvalue weighted by Crippen LogP contribution is -2.19. The fourth-order valence-corrected chi connectivity index (χ4v) is 3.99. The summed E-state index contributed by atoms with van der Waals surface area (Å²) in [7, 11) is 0. The van der Waals surface area contributed by atoms with Crippen LogP contribution >= 0.6 is 0 Å². The molecule has 2 heterocycles. The van der Waals surface area contributed by atoms with Crippen LogP contribution in [0.25, 0.3) is 32.4 Å². The Balaban J connectivity index is 1.60. The van der Waals surface area contributed by atoms with E-state index < -0.39 is 5.91 Å². The van der Waals surface area contributed by atoms with Gasteiger partial charge in [0.2, 0.25) is 0 Å². The van der Waals surface area contributed by atoms with E-state index in [9.17, 15) is 9.59 Å². The Morgan fingerprint density at radius 2 is 1.64 bits per heavy atom. The van der Waals surface area contributed by atoms with Crippen LogP contribution in [-0.2, 0) is 6.54 Å². The lowest BCUT2D eigenvalue weighted by Gasteiger charge is -2.11. The Labute approximate surface area is 189 Å². The number of urea groups is 1. The molecule has 164 valence electrons. The lowest BCUT2D eigenvalue weighted by molar-refractivity contribution is 0.0995. The number of hydrogen-bond donors (Lipinski definition) is 3. The van der Waals surface area contributed by atoms with E-state index in [-0.39, 0.29) is 11.7 Å². The van der Waals surface area contributed by atoms with E-state index in [4.69, 9.17) is 10.8 Å². The molecule has 0 spiro atoms. The molecule has 0 bridgehead atoms. The molecule has 0 aliphatic rings. The number of nitrogens with two attached hydrogens (primary N) is 1. The third-order valence-corrected chi connectivity index (χ3v) is 5.66. The number of carbonyl (C=O) groups is 2. The number of rotatable bonds is 4. The molecule has 0 atom stereocenters. The second kappa shape index (κ2) is 7.90. The predicted molar refractivity (Wildman–Crippen MR) is 131 cm³/mol. The number of nitrogens with one attached hydrogen (secondary N) is 2. The second-order valence-corrected chi connectivity index (χ2v) is 7.93. The molecule has 2 aromatic heterocycles. The molecule has 0 radical (unpaired) electrons. The number of pyridine rings is 1. The highest BCUT2D eigenvalue weighted by Gasteiger charge is 2.15. The molecule has 3 amide bonds. The highest BCUT2D eigenvalue weighted by molar-refractivity contribution is 6.25. The third-order valence-electron chi connectivity index (χ3n) is 5.66. The van der Waals surface area contributed by atoms with E-state index in [2.05, 4.69) is 15.6 Å². The zero-order valence-electron chi connectivity index (χ0n) is 18.2. The molecule has 0 aliphatic carbocycles. The van der Waals surface area contributed by atoms with Crippen molar-refractivity contribution < 1.29 is 9.59 Å². The first-order chi connectivity index (χ1) is 15.9. The molecule has 33 heavy (non-hydrogen) atoms. The van der Waals surface area contributed by atoms with Crippen LogP contribution in [0, 0.1) is 6.92 Å². The van der Waals surface area contributed by atoms with Gasteiger partial charge in [-0.25, -0.2) is 4.79 Å². The van der Waals surface area contributed by atoms with Gasteiger partial charge in [-0.2, -0.15) is 5.10 Å². The summed E-state index contributed by atoms with van der Waals surface area (Å²) in [6, 6.07) is 14.7. The van der Waals surface area contributed by atoms with Crippen LogP contribution in [0.2, 0.25) is 0 Å². The van der Waals surface area contributed by atoms with E-state index in [1.54, 1.807) is 12.3 Å². The smallest absolute Gasteiger partial charge is 0.323 e. The number of nitrogens with zero attached hydrogens (tertiary/aromatic N) is 3. The first kappa shape index (κ1) is 20.4. The summed E-state index contributed by atoms with van der Waals surface area (Å²) in [6.07, 6.45) is 3.62. The molecule has 0 saturated heterocycles. The number of aryl methyl sites for hydroxylation is 2. The van der Waals surface area contributed by atoms with Crippen molar-refractivity contribution in [3.63, 3.8) is 0 Å². The molecule has 5 rings (SSSR count). The number of fused-ring (bicyclic) bond motifs is 6. The Morgan fingerprint density at radius 1 is 0.909 bits per heavy atom. The van der Waals surface area contributed by atoms with Gasteiger partial charge < -0.3 is 16.4 Å². The van der Waals surface area contributed by atoms with Gasteiger partial charge >= 0.3 is 6.03 Å². The summed E-state index contributed by atoms with van der Waals surface area (Å²) in [5.74, 6) is -0.584. The van der Waals surface area contributed by atoms with Crippen molar-refractivity contribution in [3.05, 3.63) is 72.2 Å². The van der Waals surface area contributed by atoms with Crippen molar-refractivity contribution in [1.29, 1.82) is 0 Å². The summed E-state index contributed by atoms with van der Waals surface area (Å²) in [5.41, 5.74) is 8.89. The van der Waals surface area contributed by atoms with Gasteiger partial charge in [0.05, 0.1) is 0 Å². The van der Waals surface area contributed by atoms with Crippen molar-refractivity contribution in [2.24, 2.45) is 5.73 Å². The van der Waals surface area contributed by atoms with Gasteiger partial charge in [0.1, 0.15) is 11.2 Å². The fraction of sp³-hybridized carbons (Fsp3) is 0.120. The second-order valence-electron chi connectivity index (χ2n) is 7.93. The van der Waals surface area contributed by atoms with Crippen LogP contribution in [-0.4, -0.2) is 26.7 Å². The molecule has 0 saturated carbocycles. The average Bonchev–Trinajstić information content (AvgIpc) is 3.25. The molecule has 8 nitrogen and oxygen atoms in total. The minimum absolute atomic E-state index is 0.195. The Hall–Kier alpha value is -4.46. The number of amides is 3. The highest BCUT2D eigenvalue weighted by Crippen LogP contribution is 2.35. The van der Waals surface area contributed by atoms with Crippen molar-refractivity contribution in [3.8, 4) is 0 Å². The average molecular weight is 438 g/mol. The van der Waals surface area contributed by atoms with Crippen LogP contribution in [0.3, 0.4) is 0 Å². The number of anilines is 2. The van der Waals surface area contributed by atoms with Gasteiger partial charge in [-0.1, -0.05) is 23.8 Å². The molecular weight excluding hydrogens is 416 g/mol. The van der Waals surface area contributed by atoms with E-state index in [1.165, 1.54) is 0 Å². The van der Waals surface area contributed by atoms with Gasteiger partial charge in [0, 0.05) is 46.5 Å². The molecule has 3 aromatic carbocycles. The quantitative estimate of drug-likeness (QED) is 0.349. The summed E-state index contributed by atoms with van der Waals surface area (Å²) in [4.78, 5) is 28.5. The van der Waals surface area contributed by atoms with Gasteiger partial charge in [0.15, 0.2) is 0 Å². The summed E-state index contributed by atoms with van der Waals surface area (Å²) in [6.45, 7) is 4.70. The molecule has 0 fully saturated rings. The maximum Gasteiger partial charge on any atom is 0.323 e. The number of aromatic nitrogens is 3. The lowest BCUT2D eigenvalue weighted by atomic mass is 9.98. The van der Waals surface area contributed by atoms with E-state index >= 15 is 0 Å². The summed E-state index contributed by atoms with van der Waals surface area (Å²) < 4.78 is 1.85. The summed E-state index contributed by atoms with van der Waals surface area (Å²) >= 11 is 0. The molecule has 0 unspecified atom stereocenters. The van der Waals surface area contributed by atoms with Crippen molar-refractivity contribution in [2.45, 2.75) is 20.4 Å². The normalized spacial score (nSPS) is 11.2. The van der Waals surface area contributed by atoms with Crippen LogP contribution < -0.4 is 16.4 Å². The SMILES string of the molecule is CCn1cc2c3cc(NC(=O)Nc4ccc(C)cc4)ccc3c3cnc(C(N)=O)cc3c2n1. The van der Waals surface area contributed by atoms with Gasteiger partial charge in [0.25, 0.3) is 5.91 Å². The minimum Gasteiger partial charge on any atom is -0.364 e. The third kappa shape index (κ3) is 3.71. The number of primary amides is 1. The molecular formula is C25H22N6O2. The Bertz CT molecular complexity index is 1550. The predicted octanol–water partition coefficient (Wildman–Crippen LogP) is 4.81. The van der Waals surface area contributed by atoms with Crippen molar-refractivity contribution in [2.75, 3.05) is 10.6 Å². The van der Waals surface area contributed by atoms with E-state index in [0.717, 1.165) is 38.0 Å². The number of hydrogen-bond acceptors (Lipinski definition) is 4. The molecule has 8 heteroatoms.